The summed E-state index contributed by atoms with van der Waals surface area (Å²) in [5.41, 5.74) is 4.30. The van der Waals surface area contributed by atoms with Crippen LogP contribution in [0.25, 0.3) is 0 Å². The minimum atomic E-state index is 0.348. The Bertz CT molecular complexity index is 556. The van der Waals surface area contributed by atoms with Gasteiger partial charge in [-0.05, 0) is 47.6 Å². The number of phenolic OH excluding ortho intramolecular Hbond substituents is 1. The number of aryl methyl sites for hydroxylation is 1. The number of aromatic hydroxyl groups is 1. The lowest BCUT2D eigenvalue weighted by Crippen LogP contribution is -2.21. The molecule has 0 aromatic heterocycles. The zero-order valence-corrected chi connectivity index (χ0v) is 11.3. The number of fused-ring (bicyclic) bond motifs is 1. The summed E-state index contributed by atoms with van der Waals surface area (Å²) in [6.45, 7) is 2.28. The first-order valence-electron chi connectivity index (χ1n) is 7.16. The SMILES string of the molecule is CC[C@H]1CCc2ccccc2[C@@H]1c1ccc(O)cc1. The molecule has 0 saturated carbocycles. The van der Waals surface area contributed by atoms with Crippen molar-refractivity contribution < 1.29 is 5.11 Å². The maximum Gasteiger partial charge on any atom is 0.115 e. The molecule has 0 bridgehead atoms. The fraction of sp³-hybridized carbons (Fsp3) is 0.333. The van der Waals surface area contributed by atoms with Crippen LogP contribution < -0.4 is 0 Å². The zero-order valence-electron chi connectivity index (χ0n) is 11.3. The molecule has 3 rings (SSSR count). The summed E-state index contributed by atoms with van der Waals surface area (Å²) in [5.74, 6) is 1.54. The largest absolute Gasteiger partial charge is 0.508 e. The Hall–Kier alpha value is -1.76. The van der Waals surface area contributed by atoms with Gasteiger partial charge in [-0.2, -0.15) is 0 Å². The molecule has 1 aliphatic rings. The molecule has 2 aromatic rings. The van der Waals surface area contributed by atoms with E-state index in [0.29, 0.717) is 17.6 Å². The monoisotopic (exact) mass is 252 g/mol. The summed E-state index contributed by atoms with van der Waals surface area (Å²) in [4.78, 5) is 0. The molecule has 0 aliphatic heterocycles. The summed E-state index contributed by atoms with van der Waals surface area (Å²) in [5, 5.41) is 9.47. The van der Waals surface area contributed by atoms with Crippen LogP contribution in [0.4, 0.5) is 0 Å². The maximum absolute atomic E-state index is 9.47. The lowest BCUT2D eigenvalue weighted by Gasteiger charge is -2.33. The Morgan fingerprint density at radius 2 is 1.79 bits per heavy atom. The molecule has 0 heterocycles. The van der Waals surface area contributed by atoms with Crippen LogP contribution in [0.2, 0.25) is 0 Å². The van der Waals surface area contributed by atoms with E-state index in [1.165, 1.54) is 36.0 Å². The fourth-order valence-electron chi connectivity index (χ4n) is 3.40. The molecular weight excluding hydrogens is 232 g/mol. The Morgan fingerprint density at radius 3 is 2.53 bits per heavy atom. The Morgan fingerprint density at radius 1 is 1.05 bits per heavy atom. The summed E-state index contributed by atoms with van der Waals surface area (Å²) in [6, 6.07) is 16.6. The summed E-state index contributed by atoms with van der Waals surface area (Å²) in [6.07, 6.45) is 3.67. The quantitative estimate of drug-likeness (QED) is 0.834. The van der Waals surface area contributed by atoms with Gasteiger partial charge in [0.15, 0.2) is 0 Å². The van der Waals surface area contributed by atoms with Crippen molar-refractivity contribution in [1.82, 2.24) is 0 Å². The van der Waals surface area contributed by atoms with Crippen molar-refractivity contribution in [2.45, 2.75) is 32.1 Å². The van der Waals surface area contributed by atoms with Crippen molar-refractivity contribution in [3.8, 4) is 5.75 Å². The molecule has 0 unspecified atom stereocenters. The van der Waals surface area contributed by atoms with Crippen molar-refractivity contribution in [2.75, 3.05) is 0 Å². The van der Waals surface area contributed by atoms with Crippen LogP contribution in [-0.4, -0.2) is 5.11 Å². The predicted octanol–water partition coefficient (Wildman–Crippen LogP) is 4.50. The molecule has 0 amide bonds. The first-order chi connectivity index (χ1) is 9.29. The lowest BCUT2D eigenvalue weighted by molar-refractivity contribution is 0.397. The predicted molar refractivity (Wildman–Crippen MR) is 78.5 cm³/mol. The van der Waals surface area contributed by atoms with Gasteiger partial charge in [0.2, 0.25) is 0 Å². The van der Waals surface area contributed by atoms with Gasteiger partial charge in [0.25, 0.3) is 0 Å². The topological polar surface area (TPSA) is 20.2 Å². The van der Waals surface area contributed by atoms with E-state index in [2.05, 4.69) is 43.3 Å². The molecule has 1 heteroatoms. The van der Waals surface area contributed by atoms with Gasteiger partial charge in [0.05, 0.1) is 0 Å². The van der Waals surface area contributed by atoms with Gasteiger partial charge in [-0.3, -0.25) is 0 Å². The van der Waals surface area contributed by atoms with Crippen LogP contribution in [0.15, 0.2) is 48.5 Å². The normalized spacial score (nSPS) is 21.9. The second-order valence-corrected chi connectivity index (χ2v) is 5.48. The van der Waals surface area contributed by atoms with E-state index in [1.54, 1.807) is 12.1 Å². The molecule has 2 atom stereocenters. The van der Waals surface area contributed by atoms with E-state index in [0.717, 1.165) is 0 Å². The average Bonchev–Trinajstić information content (AvgIpc) is 2.47. The van der Waals surface area contributed by atoms with Crippen LogP contribution in [0.1, 0.15) is 42.4 Å². The van der Waals surface area contributed by atoms with Crippen LogP contribution >= 0.6 is 0 Å². The average molecular weight is 252 g/mol. The highest BCUT2D eigenvalue weighted by Crippen LogP contribution is 2.42. The first kappa shape index (κ1) is 12.3. The lowest BCUT2D eigenvalue weighted by atomic mass is 9.71. The van der Waals surface area contributed by atoms with E-state index < -0.39 is 0 Å². The van der Waals surface area contributed by atoms with Crippen LogP contribution in [0.3, 0.4) is 0 Å². The van der Waals surface area contributed by atoms with Gasteiger partial charge < -0.3 is 5.11 Å². The highest BCUT2D eigenvalue weighted by atomic mass is 16.3. The smallest absolute Gasteiger partial charge is 0.115 e. The van der Waals surface area contributed by atoms with Crippen LogP contribution in [-0.2, 0) is 6.42 Å². The van der Waals surface area contributed by atoms with E-state index in [1.807, 2.05) is 0 Å². The van der Waals surface area contributed by atoms with Crippen molar-refractivity contribution in [2.24, 2.45) is 5.92 Å². The second kappa shape index (κ2) is 5.08. The third-order valence-electron chi connectivity index (χ3n) is 4.42. The van der Waals surface area contributed by atoms with E-state index >= 15 is 0 Å². The third kappa shape index (κ3) is 2.25. The van der Waals surface area contributed by atoms with Crippen LogP contribution in [0.5, 0.6) is 5.75 Å². The molecule has 98 valence electrons. The second-order valence-electron chi connectivity index (χ2n) is 5.48. The molecule has 0 spiro atoms. The first-order valence-corrected chi connectivity index (χ1v) is 7.16. The third-order valence-corrected chi connectivity index (χ3v) is 4.42. The summed E-state index contributed by atoms with van der Waals surface area (Å²) < 4.78 is 0. The van der Waals surface area contributed by atoms with E-state index in [4.69, 9.17) is 0 Å². The molecule has 1 N–H and O–H groups in total. The highest BCUT2D eigenvalue weighted by Gasteiger charge is 2.29. The van der Waals surface area contributed by atoms with Gasteiger partial charge in [0.1, 0.15) is 5.75 Å². The van der Waals surface area contributed by atoms with Gasteiger partial charge in [0, 0.05) is 5.92 Å². The van der Waals surface area contributed by atoms with Gasteiger partial charge in [-0.15, -0.1) is 0 Å². The number of phenols is 1. The fourth-order valence-corrected chi connectivity index (χ4v) is 3.40. The van der Waals surface area contributed by atoms with E-state index in [-0.39, 0.29) is 0 Å². The zero-order chi connectivity index (χ0) is 13.2. The molecule has 1 aliphatic carbocycles. The van der Waals surface area contributed by atoms with Crippen molar-refractivity contribution >= 4 is 0 Å². The van der Waals surface area contributed by atoms with Gasteiger partial charge >= 0.3 is 0 Å². The maximum atomic E-state index is 9.47. The van der Waals surface area contributed by atoms with E-state index in [9.17, 15) is 5.11 Å². The van der Waals surface area contributed by atoms with Gasteiger partial charge in [-0.25, -0.2) is 0 Å². The number of hydrogen-bond donors (Lipinski definition) is 1. The minimum Gasteiger partial charge on any atom is -0.508 e. The number of rotatable bonds is 2. The van der Waals surface area contributed by atoms with Crippen molar-refractivity contribution in [3.05, 3.63) is 65.2 Å². The Labute approximate surface area is 114 Å². The molecule has 1 nitrogen and oxygen atoms in total. The Kier molecular flexibility index (Phi) is 3.29. The van der Waals surface area contributed by atoms with Crippen molar-refractivity contribution in [1.29, 1.82) is 0 Å². The van der Waals surface area contributed by atoms with Crippen molar-refractivity contribution in [3.63, 3.8) is 0 Å². The molecule has 0 saturated heterocycles. The highest BCUT2D eigenvalue weighted by molar-refractivity contribution is 5.42. The minimum absolute atomic E-state index is 0.348. The summed E-state index contributed by atoms with van der Waals surface area (Å²) >= 11 is 0. The molecule has 0 radical (unpaired) electrons. The molecular formula is C18H20O. The summed E-state index contributed by atoms with van der Waals surface area (Å²) in [7, 11) is 0. The molecule has 0 fully saturated rings. The number of benzene rings is 2. The van der Waals surface area contributed by atoms with Crippen LogP contribution in [0, 0.1) is 5.92 Å². The molecule has 19 heavy (non-hydrogen) atoms. The van der Waals surface area contributed by atoms with Gasteiger partial charge in [-0.1, -0.05) is 49.7 Å². The Balaban J connectivity index is 2.07. The standard InChI is InChI=1S/C18H20O/c1-2-13-7-8-14-5-3-4-6-17(14)18(13)15-9-11-16(19)12-10-15/h3-6,9-13,18-19H,2,7-8H2,1H3/t13-,18-/m0/s1. The number of hydrogen-bond acceptors (Lipinski definition) is 1. The molecule has 2 aromatic carbocycles.